The normalized spacial score (nSPS) is 11.1. The fourth-order valence-corrected chi connectivity index (χ4v) is 4.55. The van der Waals surface area contributed by atoms with Gasteiger partial charge in [0, 0.05) is 0 Å². The number of nitrogens with one attached hydrogen (secondary N) is 1. The number of methoxy groups -OCH3 is 1. The molecule has 3 aromatic carbocycles. The third-order valence-corrected chi connectivity index (χ3v) is 6.67. The van der Waals surface area contributed by atoms with Crippen LogP contribution < -0.4 is 19.2 Å². The second-order valence-corrected chi connectivity index (χ2v) is 9.32. The topological polar surface area (TPSA) is 97.3 Å². The Morgan fingerprint density at radius 3 is 2.40 bits per heavy atom. The van der Waals surface area contributed by atoms with E-state index in [0.29, 0.717) is 18.1 Å². The summed E-state index contributed by atoms with van der Waals surface area (Å²) in [5, 5.41) is 3.95. The van der Waals surface area contributed by atoms with Crippen molar-refractivity contribution in [2.24, 2.45) is 5.10 Å². The molecule has 0 unspecified atom stereocenters. The summed E-state index contributed by atoms with van der Waals surface area (Å²) in [5.41, 5.74) is 4.27. The van der Waals surface area contributed by atoms with E-state index in [9.17, 15) is 13.2 Å². The van der Waals surface area contributed by atoms with Crippen LogP contribution in [0.2, 0.25) is 0 Å². The van der Waals surface area contributed by atoms with Gasteiger partial charge in [0.15, 0.2) is 0 Å². The molecule has 9 heteroatoms. The maximum Gasteiger partial charge on any atom is 0.264 e. The maximum atomic E-state index is 13.5. The molecule has 0 saturated carbocycles. The molecule has 0 spiro atoms. The van der Waals surface area contributed by atoms with Crippen molar-refractivity contribution in [3.63, 3.8) is 0 Å². The van der Waals surface area contributed by atoms with Crippen molar-refractivity contribution in [3.05, 3.63) is 96.6 Å². The van der Waals surface area contributed by atoms with Crippen molar-refractivity contribution in [1.82, 2.24) is 5.43 Å². The van der Waals surface area contributed by atoms with Crippen molar-refractivity contribution in [2.45, 2.75) is 11.8 Å². The van der Waals surface area contributed by atoms with E-state index in [0.717, 1.165) is 15.4 Å². The zero-order valence-corrected chi connectivity index (χ0v) is 20.4. The lowest BCUT2D eigenvalue weighted by atomic mass is 10.2. The molecule has 0 aliphatic rings. The molecule has 1 N–H and O–H groups in total. The lowest BCUT2D eigenvalue weighted by molar-refractivity contribution is -0.119. The van der Waals surface area contributed by atoms with Crippen molar-refractivity contribution in [2.75, 3.05) is 24.6 Å². The molecule has 0 heterocycles. The summed E-state index contributed by atoms with van der Waals surface area (Å²) in [4.78, 5) is 12.8. The minimum absolute atomic E-state index is 0.0593. The number of para-hydroxylation sites is 2. The minimum Gasteiger partial charge on any atom is -0.495 e. The number of hydrogen-bond donors (Lipinski definition) is 1. The van der Waals surface area contributed by atoms with E-state index in [-0.39, 0.29) is 10.6 Å². The fraction of sp³-hybridized carbons (Fsp3) is 0.154. The van der Waals surface area contributed by atoms with Crippen LogP contribution in [0.5, 0.6) is 11.5 Å². The van der Waals surface area contributed by atoms with Gasteiger partial charge in [0.1, 0.15) is 24.7 Å². The zero-order valence-electron chi connectivity index (χ0n) is 19.5. The van der Waals surface area contributed by atoms with Gasteiger partial charge in [-0.15, -0.1) is 0 Å². The first-order chi connectivity index (χ1) is 16.8. The highest BCUT2D eigenvalue weighted by atomic mass is 32.2. The Labute approximate surface area is 205 Å². The van der Waals surface area contributed by atoms with Crippen LogP contribution in [0.4, 0.5) is 5.69 Å². The van der Waals surface area contributed by atoms with Crippen molar-refractivity contribution in [1.29, 1.82) is 0 Å². The van der Waals surface area contributed by atoms with Crippen LogP contribution in [0.25, 0.3) is 0 Å². The number of benzene rings is 3. The number of sulfonamides is 1. The van der Waals surface area contributed by atoms with E-state index in [2.05, 4.69) is 17.1 Å². The molecule has 0 aliphatic heterocycles. The Bertz CT molecular complexity index is 1290. The highest BCUT2D eigenvalue weighted by molar-refractivity contribution is 7.92. The number of amides is 1. The fourth-order valence-electron chi connectivity index (χ4n) is 3.12. The second kappa shape index (κ2) is 11.8. The summed E-state index contributed by atoms with van der Waals surface area (Å²) in [6, 6.07) is 20.1. The number of hydrogen-bond acceptors (Lipinski definition) is 6. The molecule has 182 valence electrons. The van der Waals surface area contributed by atoms with Crippen LogP contribution in [0.3, 0.4) is 0 Å². The number of carbonyl (C=O) groups is 1. The molecular weight excluding hydrogens is 466 g/mol. The highest BCUT2D eigenvalue weighted by Crippen LogP contribution is 2.32. The Kier molecular flexibility index (Phi) is 8.63. The van der Waals surface area contributed by atoms with Gasteiger partial charge in [0.05, 0.1) is 23.9 Å². The summed E-state index contributed by atoms with van der Waals surface area (Å²) < 4.78 is 38.8. The van der Waals surface area contributed by atoms with Gasteiger partial charge in [-0.3, -0.25) is 9.10 Å². The van der Waals surface area contributed by atoms with E-state index in [1.165, 1.54) is 25.5 Å². The molecule has 0 saturated heterocycles. The largest absolute Gasteiger partial charge is 0.495 e. The third kappa shape index (κ3) is 6.70. The Balaban J connectivity index is 1.79. The molecular formula is C26H27N3O5S. The molecule has 0 aliphatic carbocycles. The Hall–Kier alpha value is -4.11. The van der Waals surface area contributed by atoms with Gasteiger partial charge >= 0.3 is 0 Å². The van der Waals surface area contributed by atoms with Crippen LogP contribution in [0.1, 0.15) is 11.1 Å². The third-order valence-electron chi connectivity index (χ3n) is 4.90. The first-order valence-corrected chi connectivity index (χ1v) is 12.2. The SMILES string of the molecule is C=CCOc1ccc(/C=N/NC(=O)CN(c2ccccc2OC)S(=O)(=O)c2ccc(C)cc2)cc1. The van der Waals surface area contributed by atoms with E-state index in [1.807, 2.05) is 6.92 Å². The van der Waals surface area contributed by atoms with Gasteiger partial charge in [-0.1, -0.05) is 42.5 Å². The lowest BCUT2D eigenvalue weighted by Gasteiger charge is -2.25. The maximum absolute atomic E-state index is 13.5. The summed E-state index contributed by atoms with van der Waals surface area (Å²) >= 11 is 0. The standard InChI is InChI=1S/C26H27N3O5S/c1-4-17-34-22-13-11-21(12-14-22)18-27-28-26(30)19-29(24-7-5-6-8-25(24)33-3)35(31,32)23-15-9-20(2)10-16-23/h4-16,18H,1,17,19H2,2-3H3,(H,28,30)/b27-18+. The highest BCUT2D eigenvalue weighted by Gasteiger charge is 2.29. The van der Waals surface area contributed by atoms with Gasteiger partial charge in [0.25, 0.3) is 15.9 Å². The number of carbonyl (C=O) groups excluding carboxylic acids is 1. The Morgan fingerprint density at radius 2 is 1.74 bits per heavy atom. The monoisotopic (exact) mass is 493 g/mol. The van der Waals surface area contributed by atoms with Gasteiger partial charge in [0.2, 0.25) is 0 Å². The molecule has 0 aromatic heterocycles. The van der Waals surface area contributed by atoms with Crippen LogP contribution in [-0.2, 0) is 14.8 Å². The van der Waals surface area contributed by atoms with Crippen molar-refractivity contribution < 1.29 is 22.7 Å². The van der Waals surface area contributed by atoms with E-state index in [4.69, 9.17) is 9.47 Å². The average Bonchev–Trinajstić information content (AvgIpc) is 2.87. The second-order valence-electron chi connectivity index (χ2n) is 7.46. The molecule has 0 radical (unpaired) electrons. The molecule has 8 nitrogen and oxygen atoms in total. The van der Waals surface area contributed by atoms with Gasteiger partial charge in [-0.25, -0.2) is 13.8 Å². The molecule has 3 aromatic rings. The van der Waals surface area contributed by atoms with Gasteiger partial charge in [-0.2, -0.15) is 5.10 Å². The number of aryl methyl sites for hydroxylation is 1. The lowest BCUT2D eigenvalue weighted by Crippen LogP contribution is -2.39. The predicted molar refractivity (Wildman–Crippen MR) is 137 cm³/mol. The summed E-state index contributed by atoms with van der Waals surface area (Å²) in [6.45, 7) is 5.37. The quantitative estimate of drug-likeness (QED) is 0.248. The molecule has 3 rings (SSSR count). The molecule has 35 heavy (non-hydrogen) atoms. The van der Waals surface area contributed by atoms with Crippen LogP contribution >= 0.6 is 0 Å². The van der Waals surface area contributed by atoms with Gasteiger partial charge in [-0.05, 0) is 61.0 Å². The predicted octanol–water partition coefficient (Wildman–Crippen LogP) is 3.91. The minimum atomic E-state index is -4.07. The number of ether oxygens (including phenoxy) is 2. The number of hydrazone groups is 1. The average molecular weight is 494 g/mol. The Morgan fingerprint density at radius 1 is 1.06 bits per heavy atom. The number of anilines is 1. The molecule has 0 atom stereocenters. The van der Waals surface area contributed by atoms with Gasteiger partial charge < -0.3 is 9.47 Å². The van der Waals surface area contributed by atoms with Crippen LogP contribution in [0, 0.1) is 6.92 Å². The van der Waals surface area contributed by atoms with E-state index >= 15 is 0 Å². The van der Waals surface area contributed by atoms with E-state index in [1.54, 1.807) is 66.7 Å². The number of rotatable bonds is 11. The summed E-state index contributed by atoms with van der Waals surface area (Å²) in [6.07, 6.45) is 3.11. The van der Waals surface area contributed by atoms with Crippen LogP contribution in [0.15, 0.2) is 95.4 Å². The molecule has 0 fully saturated rings. The smallest absolute Gasteiger partial charge is 0.264 e. The number of nitrogens with zero attached hydrogens (tertiary/aromatic N) is 2. The van der Waals surface area contributed by atoms with Crippen LogP contribution in [-0.4, -0.2) is 40.8 Å². The van der Waals surface area contributed by atoms with Crippen molar-refractivity contribution >= 4 is 27.8 Å². The summed E-state index contributed by atoms with van der Waals surface area (Å²) in [5.74, 6) is 0.381. The zero-order chi connectivity index (χ0) is 25.3. The first kappa shape index (κ1) is 25.5. The molecule has 0 bridgehead atoms. The molecule has 1 amide bonds. The summed E-state index contributed by atoms with van der Waals surface area (Å²) in [7, 11) is -2.63. The van der Waals surface area contributed by atoms with E-state index < -0.39 is 22.5 Å². The van der Waals surface area contributed by atoms with Crippen molar-refractivity contribution in [3.8, 4) is 11.5 Å². The first-order valence-electron chi connectivity index (χ1n) is 10.7.